The Morgan fingerprint density at radius 3 is 2.45 bits per heavy atom. The Hall–Kier alpha value is -2.01. The lowest BCUT2D eigenvalue weighted by molar-refractivity contribution is 0.600. The van der Waals surface area contributed by atoms with Crippen LogP contribution >= 0.6 is 0 Å². The molecule has 0 radical (unpaired) electrons. The standard InChI is InChI=1S/C15H18N2O2S/c1-2-12-5-4-8-15(10-12)17-20(18,19)11-13-6-3-7-14(16)9-13/h3-10,17H,2,11,16H2,1H3. The molecular weight excluding hydrogens is 272 g/mol. The first-order chi connectivity index (χ1) is 9.48. The van der Waals surface area contributed by atoms with Crippen molar-refractivity contribution in [3.8, 4) is 0 Å². The number of nitrogens with one attached hydrogen (secondary N) is 1. The van der Waals surface area contributed by atoms with Gasteiger partial charge >= 0.3 is 0 Å². The lowest BCUT2D eigenvalue weighted by Gasteiger charge is -2.09. The Balaban J connectivity index is 2.14. The van der Waals surface area contributed by atoms with Gasteiger partial charge in [0.05, 0.1) is 5.75 Å². The molecule has 0 spiro atoms. The van der Waals surface area contributed by atoms with Crippen molar-refractivity contribution in [3.63, 3.8) is 0 Å². The van der Waals surface area contributed by atoms with Crippen molar-refractivity contribution in [1.29, 1.82) is 0 Å². The van der Waals surface area contributed by atoms with E-state index in [0.717, 1.165) is 12.0 Å². The zero-order valence-corrected chi connectivity index (χ0v) is 12.2. The van der Waals surface area contributed by atoms with Gasteiger partial charge in [0.1, 0.15) is 0 Å². The Bertz CT molecular complexity index is 697. The predicted molar refractivity (Wildman–Crippen MR) is 82.9 cm³/mol. The normalized spacial score (nSPS) is 11.2. The maximum atomic E-state index is 12.1. The Morgan fingerprint density at radius 1 is 1.05 bits per heavy atom. The number of nitrogen functional groups attached to an aromatic ring is 1. The van der Waals surface area contributed by atoms with E-state index >= 15 is 0 Å². The van der Waals surface area contributed by atoms with Crippen LogP contribution in [0.25, 0.3) is 0 Å². The van der Waals surface area contributed by atoms with Crippen LogP contribution in [0.2, 0.25) is 0 Å². The summed E-state index contributed by atoms with van der Waals surface area (Å²) in [6, 6.07) is 14.3. The van der Waals surface area contributed by atoms with Gasteiger partial charge in [-0.25, -0.2) is 8.42 Å². The quantitative estimate of drug-likeness (QED) is 0.832. The molecule has 0 atom stereocenters. The monoisotopic (exact) mass is 290 g/mol. The van der Waals surface area contributed by atoms with E-state index in [1.807, 2.05) is 25.1 Å². The van der Waals surface area contributed by atoms with E-state index in [9.17, 15) is 8.42 Å². The van der Waals surface area contributed by atoms with E-state index in [1.54, 1.807) is 30.3 Å². The van der Waals surface area contributed by atoms with Crippen LogP contribution in [0.4, 0.5) is 11.4 Å². The van der Waals surface area contributed by atoms with Crippen LogP contribution in [0, 0.1) is 0 Å². The van der Waals surface area contributed by atoms with E-state index < -0.39 is 10.0 Å². The molecule has 0 aliphatic rings. The van der Waals surface area contributed by atoms with Crippen LogP contribution in [0.5, 0.6) is 0 Å². The highest BCUT2D eigenvalue weighted by atomic mass is 32.2. The number of rotatable bonds is 5. The van der Waals surface area contributed by atoms with E-state index in [2.05, 4.69) is 4.72 Å². The number of sulfonamides is 1. The van der Waals surface area contributed by atoms with E-state index in [1.165, 1.54) is 0 Å². The highest BCUT2D eigenvalue weighted by Gasteiger charge is 2.12. The summed E-state index contributed by atoms with van der Waals surface area (Å²) in [6.45, 7) is 2.03. The zero-order valence-electron chi connectivity index (χ0n) is 11.3. The van der Waals surface area contributed by atoms with Gasteiger partial charge in [0.15, 0.2) is 0 Å². The number of benzene rings is 2. The maximum absolute atomic E-state index is 12.1. The lowest BCUT2D eigenvalue weighted by atomic mass is 10.1. The summed E-state index contributed by atoms with van der Waals surface area (Å²) in [5.74, 6) is -0.0889. The van der Waals surface area contributed by atoms with Gasteiger partial charge in [-0.15, -0.1) is 0 Å². The third kappa shape index (κ3) is 3.99. The molecule has 0 fully saturated rings. The van der Waals surface area contributed by atoms with Crippen LogP contribution in [0.3, 0.4) is 0 Å². The molecule has 2 aromatic carbocycles. The highest BCUT2D eigenvalue weighted by Crippen LogP contribution is 2.16. The summed E-state index contributed by atoms with van der Waals surface area (Å²) in [4.78, 5) is 0. The number of anilines is 2. The second kappa shape index (κ2) is 5.96. The molecule has 106 valence electrons. The number of hydrogen-bond acceptors (Lipinski definition) is 3. The topological polar surface area (TPSA) is 72.2 Å². The minimum Gasteiger partial charge on any atom is -0.399 e. The summed E-state index contributed by atoms with van der Waals surface area (Å²) in [5, 5.41) is 0. The summed E-state index contributed by atoms with van der Waals surface area (Å²) < 4.78 is 26.8. The minimum atomic E-state index is -3.43. The third-order valence-corrected chi connectivity index (χ3v) is 4.18. The minimum absolute atomic E-state index is 0.0889. The number of aryl methyl sites for hydroxylation is 1. The van der Waals surface area contributed by atoms with Gasteiger partial charge in [0.2, 0.25) is 10.0 Å². The molecular formula is C15H18N2O2S. The second-order valence-corrected chi connectivity index (χ2v) is 6.38. The van der Waals surface area contributed by atoms with Crippen molar-refractivity contribution < 1.29 is 8.42 Å². The van der Waals surface area contributed by atoms with Crippen molar-refractivity contribution in [3.05, 3.63) is 59.7 Å². The molecule has 0 aromatic heterocycles. The lowest BCUT2D eigenvalue weighted by Crippen LogP contribution is -2.15. The van der Waals surface area contributed by atoms with Gasteiger partial charge in [0.25, 0.3) is 0 Å². The maximum Gasteiger partial charge on any atom is 0.236 e. The van der Waals surface area contributed by atoms with Gasteiger partial charge in [0, 0.05) is 11.4 Å². The Morgan fingerprint density at radius 2 is 1.75 bits per heavy atom. The van der Waals surface area contributed by atoms with Crippen molar-refractivity contribution >= 4 is 21.4 Å². The molecule has 0 saturated heterocycles. The molecule has 2 rings (SSSR count). The average molecular weight is 290 g/mol. The van der Waals surface area contributed by atoms with Crippen LogP contribution in [-0.4, -0.2) is 8.42 Å². The molecule has 0 bridgehead atoms. The molecule has 0 aliphatic carbocycles. The molecule has 0 aliphatic heterocycles. The van der Waals surface area contributed by atoms with Gasteiger partial charge in [-0.1, -0.05) is 31.2 Å². The first kappa shape index (κ1) is 14.4. The van der Waals surface area contributed by atoms with Crippen molar-refractivity contribution in [2.24, 2.45) is 0 Å². The van der Waals surface area contributed by atoms with Crippen LogP contribution < -0.4 is 10.5 Å². The van der Waals surface area contributed by atoms with Crippen LogP contribution in [0.1, 0.15) is 18.1 Å². The fraction of sp³-hybridized carbons (Fsp3) is 0.200. The molecule has 0 heterocycles. The summed E-state index contributed by atoms with van der Waals surface area (Å²) in [7, 11) is -3.43. The van der Waals surface area contributed by atoms with Gasteiger partial charge in [-0.05, 0) is 41.8 Å². The Kier molecular flexibility index (Phi) is 4.29. The molecule has 0 unspecified atom stereocenters. The van der Waals surface area contributed by atoms with Crippen molar-refractivity contribution in [2.75, 3.05) is 10.5 Å². The molecule has 4 nitrogen and oxygen atoms in total. The van der Waals surface area contributed by atoms with Crippen molar-refractivity contribution in [1.82, 2.24) is 0 Å². The third-order valence-electron chi connectivity index (χ3n) is 2.92. The van der Waals surface area contributed by atoms with E-state index in [0.29, 0.717) is 16.9 Å². The van der Waals surface area contributed by atoms with Gasteiger partial charge < -0.3 is 5.73 Å². The molecule has 5 heteroatoms. The molecule has 2 aromatic rings. The van der Waals surface area contributed by atoms with Crippen LogP contribution in [0.15, 0.2) is 48.5 Å². The first-order valence-corrected chi connectivity index (χ1v) is 8.07. The van der Waals surface area contributed by atoms with E-state index in [-0.39, 0.29) is 5.75 Å². The summed E-state index contributed by atoms with van der Waals surface area (Å²) >= 11 is 0. The SMILES string of the molecule is CCc1cccc(NS(=O)(=O)Cc2cccc(N)c2)c1. The largest absolute Gasteiger partial charge is 0.399 e. The highest BCUT2D eigenvalue weighted by molar-refractivity contribution is 7.91. The summed E-state index contributed by atoms with van der Waals surface area (Å²) in [5.41, 5.74) is 8.57. The molecule has 0 amide bonds. The fourth-order valence-corrected chi connectivity index (χ4v) is 3.15. The van der Waals surface area contributed by atoms with Crippen molar-refractivity contribution in [2.45, 2.75) is 19.1 Å². The van der Waals surface area contributed by atoms with E-state index in [4.69, 9.17) is 5.73 Å². The summed E-state index contributed by atoms with van der Waals surface area (Å²) in [6.07, 6.45) is 0.866. The van der Waals surface area contributed by atoms with Crippen LogP contribution in [-0.2, 0) is 22.2 Å². The van der Waals surface area contributed by atoms with Gasteiger partial charge in [-0.2, -0.15) is 0 Å². The fourth-order valence-electron chi connectivity index (χ4n) is 1.97. The average Bonchev–Trinajstić information content (AvgIpc) is 2.37. The smallest absolute Gasteiger partial charge is 0.236 e. The first-order valence-electron chi connectivity index (χ1n) is 6.42. The van der Waals surface area contributed by atoms with Gasteiger partial charge in [-0.3, -0.25) is 4.72 Å². The number of nitrogens with two attached hydrogens (primary N) is 1. The molecule has 20 heavy (non-hydrogen) atoms. The Labute approximate surface area is 119 Å². The molecule has 0 saturated carbocycles. The number of hydrogen-bond donors (Lipinski definition) is 2. The second-order valence-electron chi connectivity index (χ2n) is 4.66. The molecule has 3 N–H and O–H groups in total. The zero-order chi connectivity index (χ0) is 14.6. The predicted octanol–water partition coefficient (Wildman–Crippen LogP) is 2.77.